The zero-order valence-corrected chi connectivity index (χ0v) is 6.23. The van der Waals surface area contributed by atoms with Gasteiger partial charge in [-0.15, -0.1) is 0 Å². The van der Waals surface area contributed by atoms with Gasteiger partial charge in [-0.25, -0.2) is 4.79 Å². The summed E-state index contributed by atoms with van der Waals surface area (Å²) in [6.45, 7) is -0.317. The van der Waals surface area contributed by atoms with Crippen LogP contribution in [0.5, 0.6) is 0 Å². The molecule has 0 aliphatic rings. The van der Waals surface area contributed by atoms with E-state index < -0.39 is 5.63 Å². The van der Waals surface area contributed by atoms with Crippen LogP contribution < -0.4 is 5.63 Å². The van der Waals surface area contributed by atoms with Crippen LogP contribution in [0.4, 0.5) is 0 Å². The number of aliphatic hydroxyl groups is 1. The summed E-state index contributed by atoms with van der Waals surface area (Å²) < 4.78 is 5.88. The minimum atomic E-state index is -0.417. The van der Waals surface area contributed by atoms with E-state index in [1.54, 1.807) is 24.3 Å². The average Bonchev–Trinajstić information content (AvgIpc) is 2.44. The van der Waals surface area contributed by atoms with Crippen molar-refractivity contribution in [2.45, 2.75) is 6.73 Å². The molecule has 1 aromatic carbocycles. The first-order chi connectivity index (χ1) is 5.83. The highest BCUT2D eigenvalue weighted by Crippen LogP contribution is 2.09. The Morgan fingerprint density at radius 2 is 2.17 bits per heavy atom. The lowest BCUT2D eigenvalue weighted by atomic mass is 10.3. The van der Waals surface area contributed by atoms with Crippen LogP contribution in [0.25, 0.3) is 10.9 Å². The quantitative estimate of drug-likeness (QED) is 0.671. The fourth-order valence-corrected chi connectivity index (χ4v) is 1.17. The van der Waals surface area contributed by atoms with E-state index in [0.717, 1.165) is 4.74 Å². The van der Waals surface area contributed by atoms with E-state index in [1.165, 1.54) is 0 Å². The molecule has 1 N–H and O–H groups in total. The molecule has 0 saturated heterocycles. The predicted octanol–water partition coefficient (Wildman–Crippen LogP) is 0.544. The summed E-state index contributed by atoms with van der Waals surface area (Å²) in [6.07, 6.45) is 0. The highest BCUT2D eigenvalue weighted by Gasteiger charge is 2.05. The monoisotopic (exact) mass is 165 g/mol. The highest BCUT2D eigenvalue weighted by atomic mass is 16.5. The first kappa shape index (κ1) is 7.12. The molecule has 0 bridgehead atoms. The van der Waals surface area contributed by atoms with Crippen LogP contribution >= 0.6 is 0 Å². The molecule has 4 heteroatoms. The molecule has 0 fully saturated rings. The van der Waals surface area contributed by atoms with Crippen LogP contribution in [-0.2, 0) is 6.73 Å². The Balaban J connectivity index is 2.91. The number of hydrogen-bond donors (Lipinski definition) is 1. The maximum atomic E-state index is 11.1. The third kappa shape index (κ3) is 0.853. The van der Waals surface area contributed by atoms with E-state index >= 15 is 0 Å². The Hall–Kier alpha value is -1.55. The topological polar surface area (TPSA) is 55.4 Å². The molecule has 2 rings (SSSR count). The average molecular weight is 165 g/mol. The Morgan fingerprint density at radius 3 is 2.92 bits per heavy atom. The molecule has 12 heavy (non-hydrogen) atoms. The second-order valence-corrected chi connectivity index (χ2v) is 2.42. The lowest BCUT2D eigenvalue weighted by Crippen LogP contribution is -1.95. The van der Waals surface area contributed by atoms with E-state index in [2.05, 4.69) is 0 Å². The summed E-state index contributed by atoms with van der Waals surface area (Å²) in [4.78, 5) is 11.1. The number of aliphatic hydroxyl groups excluding tert-OH is 1. The third-order valence-corrected chi connectivity index (χ3v) is 1.71. The van der Waals surface area contributed by atoms with Gasteiger partial charge in [0.1, 0.15) is 0 Å². The summed E-state index contributed by atoms with van der Waals surface area (Å²) in [5.41, 5.74) is 0.199. The lowest BCUT2D eigenvalue weighted by Gasteiger charge is -1.93. The molecule has 1 heterocycles. The number of hydrogen-bond acceptors (Lipinski definition) is 3. The van der Waals surface area contributed by atoms with Crippen molar-refractivity contribution in [2.75, 3.05) is 0 Å². The van der Waals surface area contributed by atoms with Crippen LogP contribution in [0.2, 0.25) is 0 Å². The van der Waals surface area contributed by atoms with Crippen LogP contribution in [0.15, 0.2) is 33.6 Å². The van der Waals surface area contributed by atoms with Gasteiger partial charge in [0.05, 0.1) is 10.9 Å². The summed E-state index contributed by atoms with van der Waals surface area (Å²) >= 11 is 0. The fraction of sp³-hybridized carbons (Fsp3) is 0.125. The standard InChI is InChI=1S/C8H7NO3/c10-5-9-7-4-2-1-3-6(7)8(11)12-9/h1-4,10H,5H2. The van der Waals surface area contributed by atoms with Gasteiger partial charge in [-0.1, -0.05) is 12.1 Å². The van der Waals surface area contributed by atoms with Gasteiger partial charge in [-0.3, -0.25) is 0 Å². The van der Waals surface area contributed by atoms with Gasteiger partial charge in [0.2, 0.25) is 0 Å². The Morgan fingerprint density at radius 1 is 1.42 bits per heavy atom. The molecule has 0 aliphatic heterocycles. The van der Waals surface area contributed by atoms with Crippen molar-refractivity contribution in [2.24, 2.45) is 0 Å². The van der Waals surface area contributed by atoms with Gasteiger partial charge in [0.25, 0.3) is 0 Å². The lowest BCUT2D eigenvalue weighted by molar-refractivity contribution is 0.110. The van der Waals surface area contributed by atoms with Gasteiger partial charge in [-0.05, 0) is 12.1 Å². The molecule has 0 spiro atoms. The first-order valence-electron chi connectivity index (χ1n) is 3.52. The van der Waals surface area contributed by atoms with Crippen molar-refractivity contribution in [3.05, 3.63) is 34.7 Å². The first-order valence-corrected chi connectivity index (χ1v) is 3.52. The van der Waals surface area contributed by atoms with Gasteiger partial charge in [0, 0.05) is 0 Å². The summed E-state index contributed by atoms with van der Waals surface area (Å²) in [5, 5.41) is 9.27. The normalized spacial score (nSPS) is 10.8. The van der Waals surface area contributed by atoms with Crippen molar-refractivity contribution < 1.29 is 9.63 Å². The second-order valence-electron chi connectivity index (χ2n) is 2.42. The number of para-hydroxylation sites is 1. The predicted molar refractivity (Wildman–Crippen MR) is 42.7 cm³/mol. The smallest absolute Gasteiger partial charge is 0.365 e. The summed E-state index contributed by atoms with van der Waals surface area (Å²) in [5.74, 6) is 0. The molecule has 1 aromatic heterocycles. The second kappa shape index (κ2) is 2.49. The molecular formula is C8H7NO3. The van der Waals surface area contributed by atoms with Crippen LogP contribution in [-0.4, -0.2) is 9.85 Å². The van der Waals surface area contributed by atoms with Crippen molar-refractivity contribution >= 4 is 10.9 Å². The van der Waals surface area contributed by atoms with Crippen molar-refractivity contribution in [1.29, 1.82) is 0 Å². The van der Waals surface area contributed by atoms with E-state index in [0.29, 0.717) is 10.9 Å². The van der Waals surface area contributed by atoms with E-state index in [4.69, 9.17) is 9.63 Å². The van der Waals surface area contributed by atoms with E-state index in [-0.39, 0.29) is 6.73 Å². The van der Waals surface area contributed by atoms with Gasteiger partial charge in [0.15, 0.2) is 6.73 Å². The maximum absolute atomic E-state index is 11.1. The Labute approximate surface area is 67.6 Å². The van der Waals surface area contributed by atoms with Crippen LogP contribution in [0.3, 0.4) is 0 Å². The number of nitrogens with zero attached hydrogens (tertiary/aromatic N) is 1. The highest BCUT2D eigenvalue weighted by molar-refractivity contribution is 5.77. The number of aromatic nitrogens is 1. The van der Waals surface area contributed by atoms with E-state index in [1.807, 2.05) is 0 Å². The molecular weight excluding hydrogens is 158 g/mol. The van der Waals surface area contributed by atoms with Crippen molar-refractivity contribution in [1.82, 2.24) is 4.74 Å². The number of fused-ring (bicyclic) bond motifs is 1. The SMILES string of the molecule is O=c1on(CO)c2ccccc12. The fourth-order valence-electron chi connectivity index (χ4n) is 1.17. The Kier molecular flexibility index (Phi) is 1.48. The number of rotatable bonds is 1. The van der Waals surface area contributed by atoms with Crippen LogP contribution in [0, 0.1) is 0 Å². The molecule has 0 unspecified atom stereocenters. The third-order valence-electron chi connectivity index (χ3n) is 1.71. The molecule has 0 aliphatic carbocycles. The summed E-state index contributed by atoms with van der Waals surface area (Å²) in [7, 11) is 0. The molecule has 0 amide bonds. The minimum Gasteiger partial charge on any atom is -0.373 e. The van der Waals surface area contributed by atoms with Crippen molar-refractivity contribution in [3.8, 4) is 0 Å². The number of benzene rings is 1. The molecule has 0 radical (unpaired) electrons. The van der Waals surface area contributed by atoms with E-state index in [9.17, 15) is 4.79 Å². The van der Waals surface area contributed by atoms with Gasteiger partial charge in [-0.2, -0.15) is 4.74 Å². The molecule has 4 nitrogen and oxygen atoms in total. The van der Waals surface area contributed by atoms with Crippen LogP contribution in [0.1, 0.15) is 0 Å². The summed E-state index contributed by atoms with van der Waals surface area (Å²) in [6, 6.07) is 6.91. The largest absolute Gasteiger partial charge is 0.373 e. The molecule has 62 valence electrons. The minimum absolute atomic E-state index is 0.317. The molecule has 2 aromatic rings. The molecule has 0 saturated carbocycles. The van der Waals surface area contributed by atoms with Crippen molar-refractivity contribution in [3.63, 3.8) is 0 Å². The maximum Gasteiger partial charge on any atom is 0.365 e. The molecule has 0 atom stereocenters. The zero-order valence-electron chi connectivity index (χ0n) is 6.23. The van der Waals surface area contributed by atoms with Gasteiger partial charge < -0.3 is 9.63 Å². The zero-order chi connectivity index (χ0) is 8.55. The Bertz CT molecular complexity index is 455. The van der Waals surface area contributed by atoms with Gasteiger partial charge >= 0.3 is 5.63 Å².